The Labute approximate surface area is 101 Å². The van der Waals surface area contributed by atoms with Crippen molar-refractivity contribution in [1.29, 1.82) is 0 Å². The molecule has 76 valence electrons. The molecule has 15 heavy (non-hydrogen) atoms. The zero-order valence-electron chi connectivity index (χ0n) is 7.81. The Bertz CT molecular complexity index is 454. The van der Waals surface area contributed by atoms with Gasteiger partial charge in [-0.1, -0.05) is 18.2 Å². The van der Waals surface area contributed by atoms with Crippen LogP contribution in [-0.4, -0.2) is 23.3 Å². The minimum atomic E-state index is -0.236. The summed E-state index contributed by atoms with van der Waals surface area (Å²) in [6.45, 7) is 0.378. The highest BCUT2D eigenvalue weighted by Crippen LogP contribution is 2.15. The summed E-state index contributed by atoms with van der Waals surface area (Å²) >= 11 is 2.09. The molecule has 0 fully saturated rings. The largest absolute Gasteiger partial charge is 0.271 e. The second-order valence-electron chi connectivity index (χ2n) is 3.14. The average molecular weight is 313 g/mol. The molecule has 4 heteroatoms. The van der Waals surface area contributed by atoms with Crippen LogP contribution < -0.4 is 0 Å². The Balaban J connectivity index is 2.29. The first-order valence-corrected chi connectivity index (χ1v) is 5.55. The van der Waals surface area contributed by atoms with E-state index >= 15 is 0 Å². The molecule has 0 saturated carbocycles. The lowest BCUT2D eigenvalue weighted by atomic mass is 10.2. The van der Waals surface area contributed by atoms with Gasteiger partial charge >= 0.3 is 0 Å². The van der Waals surface area contributed by atoms with Crippen LogP contribution >= 0.6 is 22.6 Å². The van der Waals surface area contributed by atoms with Crippen molar-refractivity contribution in [2.45, 2.75) is 0 Å². The molecule has 0 aliphatic carbocycles. The van der Waals surface area contributed by atoms with Crippen LogP contribution in [0.2, 0.25) is 0 Å². The number of hydrogen-bond acceptors (Lipinski definition) is 2. The standard InChI is InChI=1S/C11H8INO2/c12-9-5-2-1-4-8(9)11(15)13-7-3-6-10(13)14/h1-6H,7H2. The third-order valence-corrected chi connectivity index (χ3v) is 3.10. The topological polar surface area (TPSA) is 37.4 Å². The first-order chi connectivity index (χ1) is 7.20. The number of amides is 2. The fourth-order valence-electron chi connectivity index (χ4n) is 1.40. The van der Waals surface area contributed by atoms with Crippen LogP contribution in [0.1, 0.15) is 10.4 Å². The second-order valence-corrected chi connectivity index (χ2v) is 4.30. The molecule has 1 aromatic rings. The molecule has 0 unspecified atom stereocenters. The molecule has 2 amide bonds. The molecule has 0 radical (unpaired) electrons. The molecule has 3 nitrogen and oxygen atoms in total. The Morgan fingerprint density at radius 1 is 1.33 bits per heavy atom. The molecule has 0 atom stereocenters. The predicted octanol–water partition coefficient (Wildman–Crippen LogP) is 1.83. The van der Waals surface area contributed by atoms with E-state index in [1.165, 1.54) is 11.0 Å². The van der Waals surface area contributed by atoms with Crippen molar-refractivity contribution in [2.24, 2.45) is 0 Å². The zero-order valence-corrected chi connectivity index (χ0v) is 9.97. The van der Waals surface area contributed by atoms with E-state index in [0.717, 1.165) is 3.57 Å². The van der Waals surface area contributed by atoms with E-state index in [1.807, 2.05) is 12.1 Å². The smallest absolute Gasteiger partial charge is 0.262 e. The number of hydrogen-bond donors (Lipinski definition) is 0. The maximum atomic E-state index is 11.9. The molecule has 1 aliphatic heterocycles. The minimum absolute atomic E-state index is 0.227. The number of benzene rings is 1. The van der Waals surface area contributed by atoms with Gasteiger partial charge in [-0.25, -0.2) is 0 Å². The van der Waals surface area contributed by atoms with Crippen molar-refractivity contribution in [1.82, 2.24) is 4.90 Å². The van der Waals surface area contributed by atoms with Crippen molar-refractivity contribution in [2.75, 3.05) is 6.54 Å². The van der Waals surface area contributed by atoms with Crippen LogP contribution in [0.3, 0.4) is 0 Å². The molecule has 0 spiro atoms. The highest BCUT2D eigenvalue weighted by atomic mass is 127. The van der Waals surface area contributed by atoms with Crippen molar-refractivity contribution in [3.8, 4) is 0 Å². The van der Waals surface area contributed by atoms with Crippen LogP contribution in [-0.2, 0) is 4.79 Å². The summed E-state index contributed by atoms with van der Waals surface area (Å²) in [7, 11) is 0. The molecule has 1 heterocycles. The second kappa shape index (κ2) is 4.14. The highest BCUT2D eigenvalue weighted by Gasteiger charge is 2.24. The van der Waals surface area contributed by atoms with E-state index in [-0.39, 0.29) is 11.8 Å². The van der Waals surface area contributed by atoms with Crippen LogP contribution in [0.15, 0.2) is 36.4 Å². The van der Waals surface area contributed by atoms with Gasteiger partial charge in [-0.3, -0.25) is 14.5 Å². The van der Waals surface area contributed by atoms with E-state index < -0.39 is 0 Å². The Hall–Kier alpha value is -1.17. The van der Waals surface area contributed by atoms with Gasteiger partial charge in [0.15, 0.2) is 0 Å². The monoisotopic (exact) mass is 313 g/mol. The van der Waals surface area contributed by atoms with Gasteiger partial charge in [0.25, 0.3) is 11.8 Å². The molecule has 2 rings (SSSR count). The first-order valence-electron chi connectivity index (χ1n) is 4.47. The summed E-state index contributed by atoms with van der Waals surface area (Å²) in [4.78, 5) is 24.5. The summed E-state index contributed by atoms with van der Waals surface area (Å²) in [5.74, 6) is -0.463. The fourth-order valence-corrected chi connectivity index (χ4v) is 2.02. The van der Waals surface area contributed by atoms with Crippen LogP contribution in [0.5, 0.6) is 0 Å². The number of carbonyl (C=O) groups excluding carboxylic acids is 2. The third kappa shape index (κ3) is 1.94. The highest BCUT2D eigenvalue weighted by molar-refractivity contribution is 14.1. The molecule has 0 aromatic heterocycles. The molecule has 0 bridgehead atoms. The van der Waals surface area contributed by atoms with Crippen LogP contribution in [0.4, 0.5) is 0 Å². The zero-order chi connectivity index (χ0) is 10.8. The predicted molar refractivity (Wildman–Crippen MR) is 64.3 cm³/mol. The van der Waals surface area contributed by atoms with E-state index in [9.17, 15) is 9.59 Å². The lowest BCUT2D eigenvalue weighted by molar-refractivity contribution is -0.122. The summed E-state index contributed by atoms with van der Waals surface area (Å²) in [6.07, 6.45) is 3.11. The molecular weight excluding hydrogens is 305 g/mol. The summed E-state index contributed by atoms with van der Waals surface area (Å²) < 4.78 is 0.861. The van der Waals surface area contributed by atoms with Gasteiger partial charge in [0.2, 0.25) is 0 Å². The number of halogens is 1. The van der Waals surface area contributed by atoms with Gasteiger partial charge in [-0.2, -0.15) is 0 Å². The van der Waals surface area contributed by atoms with E-state index in [2.05, 4.69) is 22.6 Å². The average Bonchev–Trinajstić information content (AvgIpc) is 2.64. The summed E-state index contributed by atoms with van der Waals surface area (Å²) in [6, 6.07) is 7.24. The van der Waals surface area contributed by atoms with Crippen LogP contribution in [0, 0.1) is 3.57 Å². The normalized spacial score (nSPS) is 14.7. The van der Waals surface area contributed by atoms with Gasteiger partial charge in [0.1, 0.15) is 0 Å². The lowest BCUT2D eigenvalue weighted by Gasteiger charge is -2.14. The van der Waals surface area contributed by atoms with Crippen molar-refractivity contribution < 1.29 is 9.59 Å². The number of carbonyl (C=O) groups is 2. The summed E-state index contributed by atoms with van der Waals surface area (Å²) in [5, 5.41) is 0. The van der Waals surface area contributed by atoms with Gasteiger partial charge in [-0.15, -0.1) is 0 Å². The van der Waals surface area contributed by atoms with Gasteiger partial charge in [0.05, 0.1) is 5.56 Å². The molecule has 1 aromatic carbocycles. The number of rotatable bonds is 1. The van der Waals surface area contributed by atoms with E-state index in [4.69, 9.17) is 0 Å². The van der Waals surface area contributed by atoms with Gasteiger partial charge < -0.3 is 0 Å². The van der Waals surface area contributed by atoms with E-state index in [0.29, 0.717) is 12.1 Å². The van der Waals surface area contributed by atoms with Crippen molar-refractivity contribution >= 4 is 34.4 Å². The summed E-state index contributed by atoms with van der Waals surface area (Å²) in [5.41, 5.74) is 0.579. The van der Waals surface area contributed by atoms with Crippen molar-refractivity contribution in [3.05, 3.63) is 45.6 Å². The first kappa shape index (κ1) is 10.4. The third-order valence-electron chi connectivity index (χ3n) is 2.16. The van der Waals surface area contributed by atoms with Crippen molar-refractivity contribution in [3.63, 3.8) is 0 Å². The number of imide groups is 1. The molecule has 0 saturated heterocycles. The maximum absolute atomic E-state index is 11.9. The van der Waals surface area contributed by atoms with E-state index in [1.54, 1.807) is 18.2 Å². The molecule has 1 aliphatic rings. The van der Waals surface area contributed by atoms with Gasteiger partial charge in [-0.05, 0) is 34.7 Å². The molecular formula is C11H8INO2. The van der Waals surface area contributed by atoms with Gasteiger partial charge in [0, 0.05) is 16.2 Å². The molecule has 0 N–H and O–H groups in total. The SMILES string of the molecule is O=C1C=CCN1C(=O)c1ccccc1I. The Morgan fingerprint density at radius 3 is 2.67 bits per heavy atom. The van der Waals surface area contributed by atoms with Crippen LogP contribution in [0.25, 0.3) is 0 Å². The fraction of sp³-hybridized carbons (Fsp3) is 0.0909. The maximum Gasteiger partial charge on any atom is 0.262 e. The number of nitrogens with zero attached hydrogens (tertiary/aromatic N) is 1. The Morgan fingerprint density at radius 2 is 2.07 bits per heavy atom. The minimum Gasteiger partial charge on any atom is -0.271 e. The Kier molecular flexibility index (Phi) is 2.86. The lowest BCUT2D eigenvalue weighted by Crippen LogP contribution is -2.32. The quantitative estimate of drug-likeness (QED) is 0.586.